The first-order valence-electron chi connectivity index (χ1n) is 6.04. The van der Waals surface area contributed by atoms with Crippen LogP contribution in [0.3, 0.4) is 0 Å². The standard InChI is InChI=1S/C13H19N3O3/c1-3-15-12(13(17)18)8-10-4-6-11(7-5-10)9(2)16-19-14/h4-7,12,15H,3,8,14H2,1-2H3,(H,17,18)/b16-9-. The van der Waals surface area contributed by atoms with Crippen LogP contribution in [0, 0.1) is 0 Å². The summed E-state index contributed by atoms with van der Waals surface area (Å²) in [6, 6.07) is 6.89. The average molecular weight is 265 g/mol. The lowest BCUT2D eigenvalue weighted by Crippen LogP contribution is -2.38. The van der Waals surface area contributed by atoms with E-state index in [1.807, 2.05) is 31.2 Å². The van der Waals surface area contributed by atoms with Gasteiger partial charge in [0.05, 0.1) is 5.71 Å². The summed E-state index contributed by atoms with van der Waals surface area (Å²) in [5, 5.41) is 15.6. The van der Waals surface area contributed by atoms with Gasteiger partial charge >= 0.3 is 5.97 Å². The second-order valence-corrected chi connectivity index (χ2v) is 4.13. The summed E-state index contributed by atoms with van der Waals surface area (Å²) in [6.07, 6.45) is 0.438. The smallest absolute Gasteiger partial charge is 0.321 e. The second kappa shape index (κ2) is 7.50. The Morgan fingerprint density at radius 3 is 2.58 bits per heavy atom. The van der Waals surface area contributed by atoms with Gasteiger partial charge in [-0.2, -0.15) is 0 Å². The number of hydrogen-bond acceptors (Lipinski definition) is 5. The number of carboxylic acids is 1. The lowest BCUT2D eigenvalue weighted by molar-refractivity contribution is -0.139. The molecule has 0 aliphatic heterocycles. The van der Waals surface area contributed by atoms with Crippen molar-refractivity contribution >= 4 is 11.7 Å². The van der Waals surface area contributed by atoms with E-state index >= 15 is 0 Å². The fourth-order valence-corrected chi connectivity index (χ4v) is 1.74. The van der Waals surface area contributed by atoms with Crippen LogP contribution in [0.1, 0.15) is 25.0 Å². The van der Waals surface area contributed by atoms with Crippen LogP contribution in [0.15, 0.2) is 29.4 Å². The average Bonchev–Trinajstić information content (AvgIpc) is 2.39. The highest BCUT2D eigenvalue weighted by molar-refractivity contribution is 5.98. The van der Waals surface area contributed by atoms with E-state index in [1.165, 1.54) is 0 Å². The van der Waals surface area contributed by atoms with E-state index in [-0.39, 0.29) is 0 Å². The third-order valence-corrected chi connectivity index (χ3v) is 2.75. The molecule has 1 aromatic rings. The van der Waals surface area contributed by atoms with Crippen LogP contribution in [-0.2, 0) is 16.2 Å². The van der Waals surface area contributed by atoms with Crippen molar-refractivity contribution in [3.8, 4) is 0 Å². The minimum atomic E-state index is -0.847. The summed E-state index contributed by atoms with van der Waals surface area (Å²) < 4.78 is 0. The minimum absolute atomic E-state index is 0.438. The zero-order valence-corrected chi connectivity index (χ0v) is 11.1. The van der Waals surface area contributed by atoms with Gasteiger partial charge in [0.25, 0.3) is 0 Å². The van der Waals surface area contributed by atoms with Crippen molar-refractivity contribution in [2.45, 2.75) is 26.3 Å². The fourth-order valence-electron chi connectivity index (χ4n) is 1.74. The number of carboxylic acid groups (broad SMARTS) is 1. The zero-order chi connectivity index (χ0) is 14.3. The Kier molecular flexibility index (Phi) is 5.98. The molecule has 0 fully saturated rings. The first-order valence-corrected chi connectivity index (χ1v) is 6.04. The first-order chi connectivity index (χ1) is 9.08. The third-order valence-electron chi connectivity index (χ3n) is 2.75. The number of nitrogens with zero attached hydrogens (tertiary/aromatic N) is 1. The van der Waals surface area contributed by atoms with E-state index in [9.17, 15) is 4.79 Å². The van der Waals surface area contributed by atoms with Crippen molar-refractivity contribution in [2.75, 3.05) is 6.54 Å². The number of oxime groups is 1. The van der Waals surface area contributed by atoms with E-state index < -0.39 is 12.0 Å². The Morgan fingerprint density at radius 1 is 1.47 bits per heavy atom. The summed E-state index contributed by atoms with van der Waals surface area (Å²) >= 11 is 0. The number of rotatable bonds is 7. The summed E-state index contributed by atoms with van der Waals surface area (Å²) in [6.45, 7) is 4.28. The molecule has 1 rings (SSSR count). The molecule has 0 radical (unpaired) electrons. The Hall–Kier alpha value is -1.92. The third kappa shape index (κ3) is 4.69. The van der Waals surface area contributed by atoms with Crippen LogP contribution in [0.4, 0.5) is 0 Å². The van der Waals surface area contributed by atoms with Gasteiger partial charge in [-0.15, -0.1) is 5.90 Å². The molecule has 4 N–H and O–H groups in total. The zero-order valence-electron chi connectivity index (χ0n) is 11.1. The molecule has 1 atom stereocenters. The van der Waals surface area contributed by atoms with Crippen LogP contribution in [0.5, 0.6) is 0 Å². The maximum Gasteiger partial charge on any atom is 0.321 e. The number of hydrogen-bond donors (Lipinski definition) is 3. The minimum Gasteiger partial charge on any atom is -0.480 e. The first kappa shape index (κ1) is 15.1. The van der Waals surface area contributed by atoms with Gasteiger partial charge in [0, 0.05) is 0 Å². The molecule has 104 valence electrons. The van der Waals surface area contributed by atoms with Crippen LogP contribution >= 0.6 is 0 Å². The number of aliphatic carboxylic acids is 1. The molecule has 0 heterocycles. The molecule has 0 amide bonds. The lowest BCUT2D eigenvalue weighted by Gasteiger charge is -2.13. The predicted octanol–water partition coefficient (Wildman–Crippen LogP) is 0.906. The van der Waals surface area contributed by atoms with E-state index in [0.717, 1.165) is 11.1 Å². The topological polar surface area (TPSA) is 96.9 Å². The van der Waals surface area contributed by atoms with Gasteiger partial charge in [0.2, 0.25) is 0 Å². The molecule has 6 nitrogen and oxygen atoms in total. The van der Waals surface area contributed by atoms with Gasteiger partial charge < -0.3 is 15.4 Å². The Bertz CT molecular complexity index is 443. The van der Waals surface area contributed by atoms with Crippen molar-refractivity contribution in [2.24, 2.45) is 11.1 Å². The molecular formula is C13H19N3O3. The normalized spacial score (nSPS) is 13.1. The molecule has 0 aliphatic carbocycles. The van der Waals surface area contributed by atoms with Gasteiger partial charge in [0.1, 0.15) is 6.04 Å². The highest BCUT2D eigenvalue weighted by atomic mass is 16.7. The van der Waals surface area contributed by atoms with E-state index in [1.54, 1.807) is 6.92 Å². The molecule has 0 aliphatic rings. The highest BCUT2D eigenvalue weighted by Crippen LogP contribution is 2.08. The maximum atomic E-state index is 11.0. The van der Waals surface area contributed by atoms with E-state index in [4.69, 9.17) is 11.0 Å². The molecule has 0 saturated heterocycles. The number of benzene rings is 1. The quantitative estimate of drug-likeness (QED) is 0.503. The lowest BCUT2D eigenvalue weighted by atomic mass is 10.0. The molecule has 0 spiro atoms. The molecule has 6 heteroatoms. The molecule has 1 unspecified atom stereocenters. The largest absolute Gasteiger partial charge is 0.480 e. The molecule has 0 saturated carbocycles. The number of likely N-dealkylation sites (N-methyl/N-ethyl adjacent to an activating group) is 1. The van der Waals surface area contributed by atoms with Crippen molar-refractivity contribution in [3.63, 3.8) is 0 Å². The number of carbonyl (C=O) groups is 1. The summed E-state index contributed by atoms with van der Waals surface area (Å²) in [7, 11) is 0. The van der Waals surface area contributed by atoms with Crippen molar-refractivity contribution in [3.05, 3.63) is 35.4 Å². The fraction of sp³-hybridized carbons (Fsp3) is 0.385. The summed E-state index contributed by atoms with van der Waals surface area (Å²) in [5.74, 6) is 4.02. The number of nitrogens with one attached hydrogen (secondary N) is 1. The number of nitrogens with two attached hydrogens (primary N) is 1. The Balaban J connectivity index is 2.76. The monoisotopic (exact) mass is 265 g/mol. The van der Waals surface area contributed by atoms with Crippen molar-refractivity contribution in [1.82, 2.24) is 5.32 Å². The van der Waals surface area contributed by atoms with Crippen molar-refractivity contribution < 1.29 is 14.8 Å². The summed E-state index contributed by atoms with van der Waals surface area (Å²) in [5.41, 5.74) is 2.48. The molecular weight excluding hydrogens is 246 g/mol. The van der Waals surface area contributed by atoms with Gasteiger partial charge in [-0.1, -0.05) is 36.3 Å². The second-order valence-electron chi connectivity index (χ2n) is 4.13. The molecule has 0 aromatic heterocycles. The van der Waals surface area contributed by atoms with Gasteiger partial charge in [-0.25, -0.2) is 0 Å². The SMILES string of the molecule is CCNC(Cc1ccc(/C(C)=N\ON)cc1)C(=O)O. The van der Waals surface area contributed by atoms with Crippen molar-refractivity contribution in [1.29, 1.82) is 0 Å². The van der Waals surface area contributed by atoms with Crippen LogP contribution < -0.4 is 11.2 Å². The molecule has 0 bridgehead atoms. The maximum absolute atomic E-state index is 11.0. The Labute approximate surface area is 112 Å². The molecule has 1 aromatic carbocycles. The highest BCUT2D eigenvalue weighted by Gasteiger charge is 2.16. The van der Waals surface area contributed by atoms with Gasteiger partial charge in [-0.05, 0) is 31.0 Å². The predicted molar refractivity (Wildman–Crippen MR) is 72.7 cm³/mol. The molecule has 19 heavy (non-hydrogen) atoms. The summed E-state index contributed by atoms with van der Waals surface area (Å²) in [4.78, 5) is 15.3. The van der Waals surface area contributed by atoms with E-state index in [0.29, 0.717) is 18.7 Å². The van der Waals surface area contributed by atoms with E-state index in [2.05, 4.69) is 15.4 Å². The van der Waals surface area contributed by atoms with Crippen LogP contribution in [0.2, 0.25) is 0 Å². The van der Waals surface area contributed by atoms with Crippen LogP contribution in [0.25, 0.3) is 0 Å². The van der Waals surface area contributed by atoms with Crippen LogP contribution in [-0.4, -0.2) is 29.4 Å². The Morgan fingerprint density at radius 2 is 2.11 bits per heavy atom. The van der Waals surface area contributed by atoms with Gasteiger partial charge in [0.15, 0.2) is 0 Å². The van der Waals surface area contributed by atoms with Gasteiger partial charge in [-0.3, -0.25) is 4.79 Å².